The van der Waals surface area contributed by atoms with Crippen molar-refractivity contribution in [2.75, 3.05) is 12.8 Å². The van der Waals surface area contributed by atoms with Gasteiger partial charge in [0.25, 0.3) is 5.69 Å². The van der Waals surface area contributed by atoms with Crippen LogP contribution in [0.2, 0.25) is 0 Å². The highest BCUT2D eigenvalue weighted by atomic mass is 15.3. The van der Waals surface area contributed by atoms with Crippen LogP contribution in [0.5, 0.6) is 0 Å². The summed E-state index contributed by atoms with van der Waals surface area (Å²) >= 11 is 0. The molecule has 6 nitrogen and oxygen atoms in total. The molecular formula is C13H11N6+. The van der Waals surface area contributed by atoms with E-state index in [4.69, 9.17) is 5.73 Å². The lowest BCUT2D eigenvalue weighted by Crippen LogP contribution is -2.02. The summed E-state index contributed by atoms with van der Waals surface area (Å²) in [5.41, 5.74) is 10.9. The first-order valence-electron chi connectivity index (χ1n) is 5.92. The van der Waals surface area contributed by atoms with E-state index in [1.807, 2.05) is 30.1 Å². The Bertz CT molecular complexity index is 845. The second kappa shape index (κ2) is 3.38. The Labute approximate surface area is 108 Å². The number of nitrogens with two attached hydrogens (primary N) is 1. The number of aromatic nitrogens is 3. The average molecular weight is 251 g/mol. The lowest BCUT2D eigenvalue weighted by Gasteiger charge is -2.08. The second-order valence-corrected chi connectivity index (χ2v) is 4.50. The van der Waals surface area contributed by atoms with Gasteiger partial charge in [0.1, 0.15) is 0 Å². The van der Waals surface area contributed by atoms with E-state index < -0.39 is 0 Å². The van der Waals surface area contributed by atoms with Gasteiger partial charge in [0.05, 0.1) is 11.7 Å². The van der Waals surface area contributed by atoms with Crippen molar-refractivity contribution >= 4 is 22.8 Å². The largest absolute Gasteiger partial charge is 0.367 e. The van der Waals surface area contributed by atoms with Crippen molar-refractivity contribution in [1.29, 1.82) is 0 Å². The zero-order valence-corrected chi connectivity index (χ0v) is 10.3. The minimum absolute atomic E-state index is 0.269. The summed E-state index contributed by atoms with van der Waals surface area (Å²) < 4.78 is 3.61. The maximum Gasteiger partial charge on any atom is 0.263 e. The molecule has 2 aromatic heterocycles. The van der Waals surface area contributed by atoms with Crippen LogP contribution >= 0.6 is 0 Å². The summed E-state index contributed by atoms with van der Waals surface area (Å²) in [6.45, 7) is 0. The molecule has 0 spiro atoms. The van der Waals surface area contributed by atoms with Gasteiger partial charge in [-0.05, 0) is 17.7 Å². The van der Waals surface area contributed by atoms with E-state index in [2.05, 4.69) is 27.3 Å². The quantitative estimate of drug-likeness (QED) is 0.675. The third-order valence-electron chi connectivity index (χ3n) is 3.33. The Morgan fingerprint density at radius 1 is 1.26 bits per heavy atom. The van der Waals surface area contributed by atoms with Gasteiger partial charge in [0, 0.05) is 22.9 Å². The van der Waals surface area contributed by atoms with E-state index >= 15 is 0 Å². The van der Waals surface area contributed by atoms with Gasteiger partial charge in [0.2, 0.25) is 11.6 Å². The van der Waals surface area contributed by atoms with Crippen LogP contribution in [0, 0.1) is 0 Å². The van der Waals surface area contributed by atoms with Crippen molar-refractivity contribution in [1.82, 2.24) is 14.6 Å². The number of nitrogen functional groups attached to an aromatic ring is 1. The minimum Gasteiger partial charge on any atom is -0.367 e. The number of fused-ring (bicyclic) bond motifs is 2. The molecule has 0 saturated carbocycles. The average Bonchev–Trinajstić information content (AvgIpc) is 2.80. The zero-order valence-electron chi connectivity index (χ0n) is 10.3. The van der Waals surface area contributed by atoms with Crippen LogP contribution in [0.1, 0.15) is 0 Å². The SMILES string of the molecule is C[N+]1=Nc2ccc(-c3ccn4nc(N)ncc34)cc21. The molecule has 3 aromatic rings. The molecule has 2 N–H and O–H groups in total. The van der Waals surface area contributed by atoms with E-state index in [0.717, 1.165) is 28.0 Å². The van der Waals surface area contributed by atoms with Crippen LogP contribution in [0.3, 0.4) is 0 Å². The number of benzene rings is 1. The fraction of sp³-hybridized carbons (Fsp3) is 0.0769. The standard InChI is InChI=1S/C13H11N6/c1-18-11-6-8(2-3-10(11)16-18)9-4-5-19-12(9)7-15-13(14)17-19/h2-7H,1H3,(H2,14,15,17)/q+1. The van der Waals surface area contributed by atoms with Gasteiger partial charge in [-0.3, -0.25) is 0 Å². The maximum atomic E-state index is 5.58. The lowest BCUT2D eigenvalue weighted by atomic mass is 10.1. The molecule has 0 unspecified atom stereocenters. The van der Waals surface area contributed by atoms with Crippen molar-refractivity contribution in [3.05, 3.63) is 36.7 Å². The minimum atomic E-state index is 0.269. The van der Waals surface area contributed by atoms with Crippen molar-refractivity contribution in [3.63, 3.8) is 0 Å². The van der Waals surface area contributed by atoms with Gasteiger partial charge in [-0.1, -0.05) is 10.8 Å². The number of hydrogen-bond acceptors (Lipinski definition) is 4. The first-order chi connectivity index (χ1) is 9.22. The molecule has 1 aliphatic heterocycles. The molecule has 0 saturated heterocycles. The Morgan fingerprint density at radius 2 is 2.16 bits per heavy atom. The van der Waals surface area contributed by atoms with Crippen LogP contribution in [0.25, 0.3) is 16.6 Å². The van der Waals surface area contributed by atoms with E-state index in [-0.39, 0.29) is 5.95 Å². The number of hydrogen-bond donors (Lipinski definition) is 1. The normalized spacial score (nSPS) is 13.0. The van der Waals surface area contributed by atoms with Crippen LogP contribution in [-0.2, 0) is 0 Å². The smallest absolute Gasteiger partial charge is 0.263 e. The Morgan fingerprint density at radius 3 is 3.00 bits per heavy atom. The molecule has 0 bridgehead atoms. The summed E-state index contributed by atoms with van der Waals surface area (Å²) in [6, 6.07) is 8.21. The number of azo groups is 2. The Balaban J connectivity index is 1.92. The summed E-state index contributed by atoms with van der Waals surface area (Å²) in [5.74, 6) is 0.269. The van der Waals surface area contributed by atoms with Crippen LogP contribution in [-0.4, -0.2) is 26.3 Å². The predicted molar refractivity (Wildman–Crippen MR) is 70.8 cm³/mol. The first-order valence-corrected chi connectivity index (χ1v) is 5.92. The van der Waals surface area contributed by atoms with Gasteiger partial charge in [-0.25, -0.2) is 9.50 Å². The molecule has 0 amide bonds. The van der Waals surface area contributed by atoms with Crippen molar-refractivity contribution in [2.45, 2.75) is 0 Å². The first kappa shape index (κ1) is 10.2. The van der Waals surface area contributed by atoms with E-state index in [1.54, 1.807) is 10.7 Å². The molecule has 1 aliphatic rings. The molecule has 0 atom stereocenters. The number of nitrogens with zero attached hydrogens (tertiary/aromatic N) is 5. The van der Waals surface area contributed by atoms with E-state index in [0.29, 0.717) is 0 Å². The molecule has 92 valence electrons. The molecule has 4 rings (SSSR count). The Kier molecular flexibility index (Phi) is 1.81. The third kappa shape index (κ3) is 1.36. The highest BCUT2D eigenvalue weighted by Crippen LogP contribution is 2.39. The molecule has 3 heterocycles. The predicted octanol–water partition coefficient (Wildman–Crippen LogP) is 2.35. The van der Waals surface area contributed by atoms with Crippen molar-refractivity contribution in [2.24, 2.45) is 5.11 Å². The van der Waals surface area contributed by atoms with Gasteiger partial charge in [-0.2, -0.15) is 0 Å². The van der Waals surface area contributed by atoms with Crippen LogP contribution in [0.4, 0.5) is 17.3 Å². The third-order valence-corrected chi connectivity index (χ3v) is 3.33. The summed E-state index contributed by atoms with van der Waals surface area (Å²) in [7, 11) is 1.94. The van der Waals surface area contributed by atoms with E-state index in [1.165, 1.54) is 0 Å². The van der Waals surface area contributed by atoms with Gasteiger partial charge < -0.3 is 5.73 Å². The van der Waals surface area contributed by atoms with Crippen LogP contribution in [0.15, 0.2) is 41.8 Å². The molecule has 19 heavy (non-hydrogen) atoms. The second-order valence-electron chi connectivity index (χ2n) is 4.50. The topological polar surface area (TPSA) is 71.6 Å². The van der Waals surface area contributed by atoms with Gasteiger partial charge >= 0.3 is 0 Å². The maximum absolute atomic E-state index is 5.58. The molecule has 0 aliphatic carbocycles. The summed E-state index contributed by atoms with van der Waals surface area (Å²) in [6.07, 6.45) is 3.63. The molecule has 0 radical (unpaired) electrons. The number of rotatable bonds is 1. The van der Waals surface area contributed by atoms with Crippen molar-refractivity contribution in [3.8, 4) is 11.1 Å². The molecule has 0 fully saturated rings. The summed E-state index contributed by atoms with van der Waals surface area (Å²) in [4.78, 5) is 4.05. The fourth-order valence-corrected chi connectivity index (χ4v) is 2.36. The highest BCUT2D eigenvalue weighted by molar-refractivity contribution is 5.83. The number of anilines is 1. The monoisotopic (exact) mass is 251 g/mol. The van der Waals surface area contributed by atoms with Gasteiger partial charge in [0.15, 0.2) is 7.05 Å². The fourth-order valence-electron chi connectivity index (χ4n) is 2.36. The summed E-state index contributed by atoms with van der Waals surface area (Å²) in [5, 5.41) is 8.41. The molecule has 1 aromatic carbocycles. The highest BCUT2D eigenvalue weighted by Gasteiger charge is 2.25. The van der Waals surface area contributed by atoms with Crippen LogP contribution < -0.4 is 5.73 Å². The van der Waals surface area contributed by atoms with E-state index in [9.17, 15) is 0 Å². The van der Waals surface area contributed by atoms with Gasteiger partial charge in [-0.15, -0.1) is 5.10 Å². The van der Waals surface area contributed by atoms with Crippen molar-refractivity contribution < 1.29 is 4.70 Å². The zero-order chi connectivity index (χ0) is 13.0. The molecule has 6 heteroatoms. The molecular weight excluding hydrogens is 240 g/mol. The lowest BCUT2D eigenvalue weighted by molar-refractivity contribution is -0.494. The Hall–Kier alpha value is -2.76.